The molecular formula is C16H24N2O. The Kier molecular flexibility index (Phi) is 4.97. The SMILES string of the molecule is CCNCc1cccc(C2CCN(C(C)=O)CC2)c1. The highest BCUT2D eigenvalue weighted by Crippen LogP contribution is 2.28. The lowest BCUT2D eigenvalue weighted by Gasteiger charge is -2.31. The third-order valence-corrected chi connectivity index (χ3v) is 3.94. The largest absolute Gasteiger partial charge is 0.343 e. The fourth-order valence-corrected chi connectivity index (χ4v) is 2.75. The van der Waals surface area contributed by atoms with Gasteiger partial charge in [-0.25, -0.2) is 0 Å². The first kappa shape index (κ1) is 14.1. The van der Waals surface area contributed by atoms with Crippen LogP contribution in [-0.2, 0) is 11.3 Å². The summed E-state index contributed by atoms with van der Waals surface area (Å²) in [4.78, 5) is 13.3. The van der Waals surface area contributed by atoms with E-state index in [1.54, 1.807) is 6.92 Å². The molecule has 2 rings (SSSR count). The van der Waals surface area contributed by atoms with Crippen molar-refractivity contribution in [2.45, 2.75) is 39.2 Å². The second-order valence-electron chi connectivity index (χ2n) is 5.31. The normalized spacial score (nSPS) is 16.6. The van der Waals surface area contributed by atoms with E-state index in [1.165, 1.54) is 11.1 Å². The molecule has 0 bridgehead atoms. The number of amides is 1. The van der Waals surface area contributed by atoms with Gasteiger partial charge >= 0.3 is 0 Å². The Hall–Kier alpha value is -1.35. The zero-order valence-corrected chi connectivity index (χ0v) is 12.0. The predicted octanol–water partition coefficient (Wildman–Crippen LogP) is 2.52. The summed E-state index contributed by atoms with van der Waals surface area (Å²) >= 11 is 0. The van der Waals surface area contributed by atoms with Crippen molar-refractivity contribution in [3.63, 3.8) is 0 Å². The smallest absolute Gasteiger partial charge is 0.219 e. The Morgan fingerprint density at radius 3 is 2.74 bits per heavy atom. The molecule has 1 aliphatic rings. The van der Waals surface area contributed by atoms with Crippen LogP contribution in [0.1, 0.15) is 43.7 Å². The number of carbonyl (C=O) groups is 1. The van der Waals surface area contributed by atoms with Crippen molar-refractivity contribution in [1.29, 1.82) is 0 Å². The predicted molar refractivity (Wildman–Crippen MR) is 78.1 cm³/mol. The third kappa shape index (κ3) is 3.80. The van der Waals surface area contributed by atoms with Crippen LogP contribution in [0.25, 0.3) is 0 Å². The van der Waals surface area contributed by atoms with Gasteiger partial charge in [-0.2, -0.15) is 0 Å². The van der Waals surface area contributed by atoms with E-state index < -0.39 is 0 Å². The molecule has 1 aromatic carbocycles. The lowest BCUT2D eigenvalue weighted by atomic mass is 9.88. The van der Waals surface area contributed by atoms with E-state index in [2.05, 4.69) is 36.5 Å². The summed E-state index contributed by atoms with van der Waals surface area (Å²) in [5.41, 5.74) is 2.78. The Morgan fingerprint density at radius 2 is 2.11 bits per heavy atom. The van der Waals surface area contributed by atoms with Gasteiger partial charge < -0.3 is 10.2 Å². The number of hydrogen-bond acceptors (Lipinski definition) is 2. The number of carbonyl (C=O) groups excluding carboxylic acids is 1. The van der Waals surface area contributed by atoms with E-state index in [0.717, 1.165) is 39.0 Å². The molecule has 0 unspecified atom stereocenters. The Morgan fingerprint density at radius 1 is 1.37 bits per heavy atom. The van der Waals surface area contributed by atoms with Crippen molar-refractivity contribution in [2.24, 2.45) is 0 Å². The Balaban J connectivity index is 1.97. The summed E-state index contributed by atoms with van der Waals surface area (Å²) in [7, 11) is 0. The van der Waals surface area contributed by atoms with Gasteiger partial charge in [0.05, 0.1) is 0 Å². The summed E-state index contributed by atoms with van der Waals surface area (Å²) in [6.07, 6.45) is 2.18. The first-order chi connectivity index (χ1) is 9.20. The lowest BCUT2D eigenvalue weighted by molar-refractivity contribution is -0.129. The van der Waals surface area contributed by atoms with Gasteiger partial charge in [0.1, 0.15) is 0 Å². The van der Waals surface area contributed by atoms with Crippen molar-refractivity contribution in [2.75, 3.05) is 19.6 Å². The summed E-state index contributed by atoms with van der Waals surface area (Å²) in [6, 6.07) is 8.87. The van der Waals surface area contributed by atoms with E-state index in [9.17, 15) is 4.79 Å². The summed E-state index contributed by atoms with van der Waals surface area (Å²) in [6.45, 7) is 7.53. The highest BCUT2D eigenvalue weighted by Gasteiger charge is 2.21. The van der Waals surface area contributed by atoms with Crippen molar-refractivity contribution in [3.05, 3.63) is 35.4 Å². The molecule has 0 spiro atoms. The average Bonchev–Trinajstić information content (AvgIpc) is 2.45. The van der Waals surface area contributed by atoms with Crippen LogP contribution in [0.15, 0.2) is 24.3 Å². The first-order valence-corrected chi connectivity index (χ1v) is 7.25. The number of nitrogens with one attached hydrogen (secondary N) is 1. The highest BCUT2D eigenvalue weighted by atomic mass is 16.2. The molecular weight excluding hydrogens is 236 g/mol. The van der Waals surface area contributed by atoms with Gasteiger partial charge in [0.2, 0.25) is 5.91 Å². The van der Waals surface area contributed by atoms with Crippen LogP contribution in [-0.4, -0.2) is 30.4 Å². The van der Waals surface area contributed by atoms with Crippen LogP contribution in [0.4, 0.5) is 0 Å². The number of likely N-dealkylation sites (tertiary alicyclic amines) is 1. The second-order valence-corrected chi connectivity index (χ2v) is 5.31. The fraction of sp³-hybridized carbons (Fsp3) is 0.562. The maximum atomic E-state index is 11.3. The number of benzene rings is 1. The number of hydrogen-bond donors (Lipinski definition) is 1. The van der Waals surface area contributed by atoms with E-state index in [-0.39, 0.29) is 5.91 Å². The molecule has 1 N–H and O–H groups in total. The second kappa shape index (κ2) is 6.71. The highest BCUT2D eigenvalue weighted by molar-refractivity contribution is 5.73. The van der Waals surface area contributed by atoms with Crippen molar-refractivity contribution < 1.29 is 4.79 Å². The van der Waals surface area contributed by atoms with Gasteiger partial charge in [-0.15, -0.1) is 0 Å². The van der Waals surface area contributed by atoms with Crippen LogP contribution < -0.4 is 5.32 Å². The summed E-state index contributed by atoms with van der Waals surface area (Å²) in [5, 5.41) is 3.36. The molecule has 0 aliphatic carbocycles. The molecule has 19 heavy (non-hydrogen) atoms. The molecule has 0 saturated carbocycles. The van der Waals surface area contributed by atoms with E-state index in [0.29, 0.717) is 5.92 Å². The Bertz CT molecular complexity index is 423. The molecule has 3 heteroatoms. The van der Waals surface area contributed by atoms with Crippen LogP contribution in [0.5, 0.6) is 0 Å². The average molecular weight is 260 g/mol. The zero-order valence-electron chi connectivity index (χ0n) is 12.0. The molecule has 1 amide bonds. The summed E-state index contributed by atoms with van der Waals surface area (Å²) in [5.74, 6) is 0.816. The lowest BCUT2D eigenvalue weighted by Crippen LogP contribution is -2.36. The number of piperidine rings is 1. The van der Waals surface area contributed by atoms with Crippen molar-refractivity contribution in [3.8, 4) is 0 Å². The molecule has 0 aromatic heterocycles. The first-order valence-electron chi connectivity index (χ1n) is 7.25. The topological polar surface area (TPSA) is 32.3 Å². The van der Waals surface area contributed by atoms with Gasteiger partial charge in [-0.05, 0) is 36.4 Å². The minimum Gasteiger partial charge on any atom is -0.343 e. The molecule has 1 aliphatic heterocycles. The standard InChI is InChI=1S/C16H24N2O/c1-3-17-12-14-5-4-6-16(11-14)15-7-9-18(10-8-15)13(2)19/h4-6,11,15,17H,3,7-10,12H2,1-2H3. The molecule has 1 saturated heterocycles. The van der Waals surface area contributed by atoms with Gasteiger partial charge in [0, 0.05) is 26.6 Å². The molecule has 104 valence electrons. The van der Waals surface area contributed by atoms with Gasteiger partial charge in [0.15, 0.2) is 0 Å². The number of rotatable bonds is 4. The molecule has 1 heterocycles. The van der Waals surface area contributed by atoms with E-state index in [1.807, 2.05) is 4.90 Å². The molecule has 1 aromatic rings. The monoisotopic (exact) mass is 260 g/mol. The molecule has 3 nitrogen and oxygen atoms in total. The van der Waals surface area contributed by atoms with Crippen LogP contribution in [0.2, 0.25) is 0 Å². The van der Waals surface area contributed by atoms with E-state index >= 15 is 0 Å². The van der Waals surface area contributed by atoms with Crippen molar-refractivity contribution in [1.82, 2.24) is 10.2 Å². The van der Waals surface area contributed by atoms with Crippen LogP contribution in [0, 0.1) is 0 Å². The maximum absolute atomic E-state index is 11.3. The van der Waals surface area contributed by atoms with Gasteiger partial charge in [0.25, 0.3) is 0 Å². The van der Waals surface area contributed by atoms with Crippen molar-refractivity contribution >= 4 is 5.91 Å². The van der Waals surface area contributed by atoms with Gasteiger partial charge in [-0.1, -0.05) is 31.2 Å². The molecule has 0 atom stereocenters. The fourth-order valence-electron chi connectivity index (χ4n) is 2.75. The quantitative estimate of drug-likeness (QED) is 0.902. The number of nitrogens with zero attached hydrogens (tertiary/aromatic N) is 1. The van der Waals surface area contributed by atoms with Crippen LogP contribution in [0.3, 0.4) is 0 Å². The maximum Gasteiger partial charge on any atom is 0.219 e. The molecule has 0 radical (unpaired) electrons. The zero-order chi connectivity index (χ0) is 13.7. The minimum atomic E-state index is 0.208. The van der Waals surface area contributed by atoms with Gasteiger partial charge in [-0.3, -0.25) is 4.79 Å². The summed E-state index contributed by atoms with van der Waals surface area (Å²) < 4.78 is 0. The molecule has 1 fully saturated rings. The van der Waals surface area contributed by atoms with Crippen LogP contribution >= 0.6 is 0 Å². The minimum absolute atomic E-state index is 0.208. The van der Waals surface area contributed by atoms with E-state index in [4.69, 9.17) is 0 Å². The Labute approximate surface area is 116 Å². The third-order valence-electron chi connectivity index (χ3n) is 3.94.